The summed E-state index contributed by atoms with van der Waals surface area (Å²) in [7, 11) is 0. The lowest BCUT2D eigenvalue weighted by molar-refractivity contribution is -0.137. The Morgan fingerprint density at radius 1 is 1.00 bits per heavy atom. The molecule has 0 aromatic rings. The molecule has 7 heteroatoms. The van der Waals surface area contributed by atoms with Crippen LogP contribution in [0.2, 0.25) is 0 Å². The lowest BCUT2D eigenvalue weighted by Crippen LogP contribution is -2.34. The first kappa shape index (κ1) is 29.1. The Hall–Kier alpha value is -1.87. The first-order chi connectivity index (χ1) is 15.0. The highest BCUT2D eigenvalue weighted by atomic mass is 127. The van der Waals surface area contributed by atoms with Crippen molar-refractivity contribution >= 4 is 42.7 Å². The van der Waals surface area contributed by atoms with Crippen LogP contribution in [0.15, 0.2) is 48.6 Å². The van der Waals surface area contributed by atoms with Gasteiger partial charge in [-0.15, -0.1) is 20.7 Å². The Morgan fingerprint density at radius 2 is 1.65 bits per heavy atom. The monoisotopic (exact) mass is 546 g/mol. The molecule has 1 unspecified atom stereocenters. The Kier molecular flexibility index (Phi) is 20.1. The van der Waals surface area contributed by atoms with E-state index in [0.717, 1.165) is 36.5 Å². The van der Waals surface area contributed by atoms with Crippen molar-refractivity contribution in [3.63, 3.8) is 0 Å². The number of nitrogens with two attached hydrogens (primary N) is 1. The summed E-state index contributed by atoms with van der Waals surface area (Å²) in [5, 5.41) is 8.57. The number of ether oxygens (including phenoxy) is 1. The van der Waals surface area contributed by atoms with Crippen LogP contribution in [0.5, 0.6) is 0 Å². The van der Waals surface area contributed by atoms with E-state index >= 15 is 0 Å². The lowest BCUT2D eigenvalue weighted by Gasteiger charge is -2.01. The molecule has 0 aromatic heterocycles. The second-order valence-electron chi connectivity index (χ2n) is 6.71. The summed E-state index contributed by atoms with van der Waals surface area (Å²) < 4.78 is 8.29. The third-order valence-electron chi connectivity index (χ3n) is 3.92. The van der Waals surface area contributed by atoms with Crippen LogP contribution >= 0.6 is 20.7 Å². The maximum Gasteiger partial charge on any atom is 0.509 e. The third-order valence-corrected chi connectivity index (χ3v) is 6.06. The Balaban J connectivity index is 3.72. The van der Waals surface area contributed by atoms with Crippen molar-refractivity contribution in [2.45, 2.75) is 70.8 Å². The average molecular weight is 546 g/mol. The molecule has 0 aliphatic rings. The molecule has 0 saturated heterocycles. The maximum absolute atomic E-state index is 11.6. The molecule has 0 aliphatic heterocycles. The Morgan fingerprint density at radius 3 is 2.35 bits per heavy atom. The second kappa shape index (κ2) is 21.4. The number of alkyl halides is 1. The molecule has 0 fully saturated rings. The molecule has 0 aliphatic carbocycles. The zero-order valence-corrected chi connectivity index (χ0v) is 20.6. The Labute approximate surface area is 196 Å². The van der Waals surface area contributed by atoms with E-state index in [1.54, 1.807) is 0 Å². The molecule has 1 atom stereocenters. The number of esters is 2. The number of allylic oxidation sites excluding steroid dienone is 8. The summed E-state index contributed by atoms with van der Waals surface area (Å²) in [4.78, 5) is 31.7. The normalized spacial score (nSPS) is 13.5. The topological polar surface area (TPSA) is 111 Å². The zero-order valence-electron chi connectivity index (χ0n) is 18.4. The smallest absolute Gasteiger partial charge is 0.481 e. The zero-order chi connectivity index (χ0) is 23.2. The fraction of sp³-hybridized carbons (Fsp3) is 0.500. The molecule has 174 valence electrons. The summed E-state index contributed by atoms with van der Waals surface area (Å²) in [5.41, 5.74) is 5.56. The number of rotatable bonds is 17. The van der Waals surface area contributed by atoms with E-state index in [1.165, 1.54) is 0 Å². The fourth-order valence-corrected chi connectivity index (χ4v) is 3.89. The largest absolute Gasteiger partial charge is 0.509 e. The van der Waals surface area contributed by atoms with Crippen molar-refractivity contribution in [3.05, 3.63) is 48.6 Å². The van der Waals surface area contributed by atoms with Crippen LogP contribution in [0.3, 0.4) is 0 Å². The average Bonchev–Trinajstić information content (AvgIpc) is 2.74. The highest BCUT2D eigenvalue weighted by Crippen LogP contribution is 2.04. The van der Waals surface area contributed by atoms with Gasteiger partial charge in [0.05, 0.1) is 6.42 Å². The fourth-order valence-electron chi connectivity index (χ4n) is 2.22. The molecule has 0 radical (unpaired) electrons. The summed E-state index contributed by atoms with van der Waals surface area (Å²) in [5.74, 6) is -2.20. The summed E-state index contributed by atoms with van der Waals surface area (Å²) >= 11 is 0.120. The van der Waals surface area contributed by atoms with E-state index in [1.807, 2.05) is 6.08 Å². The van der Waals surface area contributed by atoms with E-state index < -0.39 is 23.9 Å². The molecular weight excluding hydrogens is 509 g/mol. The van der Waals surface area contributed by atoms with Gasteiger partial charge in [-0.3, -0.25) is 4.79 Å². The number of carbonyl (C=O) groups is 2. The van der Waals surface area contributed by atoms with Gasteiger partial charge >= 0.3 is 17.9 Å². The maximum atomic E-state index is 11.6. The van der Waals surface area contributed by atoms with E-state index in [9.17, 15) is 14.4 Å². The number of aliphatic carboxylic acids is 1. The number of hydrogen-bond donors (Lipinski definition) is 2. The van der Waals surface area contributed by atoms with Gasteiger partial charge in [-0.25, -0.2) is 9.53 Å². The first-order valence-corrected chi connectivity index (χ1v) is 13.5. The third kappa shape index (κ3) is 21.2. The van der Waals surface area contributed by atoms with Crippen molar-refractivity contribution in [1.82, 2.24) is 0 Å². The Bertz CT molecular complexity index is 665. The number of halogens is 1. The van der Waals surface area contributed by atoms with Crippen molar-refractivity contribution in [3.8, 4) is 0 Å². The van der Waals surface area contributed by atoms with Crippen molar-refractivity contribution in [2.24, 2.45) is 5.73 Å². The van der Waals surface area contributed by atoms with E-state index in [4.69, 9.17) is 15.6 Å². The first-order valence-electron chi connectivity index (χ1n) is 10.7. The van der Waals surface area contributed by atoms with E-state index in [2.05, 4.69) is 53.5 Å². The summed E-state index contributed by atoms with van der Waals surface area (Å²) in [6.45, 7) is 2.14. The van der Waals surface area contributed by atoms with Crippen LogP contribution in [-0.4, -0.2) is 42.3 Å². The minimum Gasteiger partial charge on any atom is -0.481 e. The van der Waals surface area contributed by atoms with Gasteiger partial charge in [-0.05, 0) is 44.9 Å². The molecule has 6 nitrogen and oxygen atoms in total. The number of carboxylic acid groups (broad SMARTS) is 1. The minimum absolute atomic E-state index is 0.0126. The molecule has 31 heavy (non-hydrogen) atoms. The molecule has 4 N–H and O–H groups in total. The number of hydrogen-bond acceptors (Lipinski definition) is 4. The molecule has 0 aromatic carbocycles. The molecule has 0 amide bonds. The molecule has 0 spiro atoms. The van der Waals surface area contributed by atoms with E-state index in [0.29, 0.717) is 6.42 Å². The van der Waals surface area contributed by atoms with Gasteiger partial charge in [0.15, 0.2) is 6.04 Å². The number of carbonyl (C=O) groups excluding carboxylic acids is 2. The van der Waals surface area contributed by atoms with Crippen molar-refractivity contribution in [1.29, 1.82) is 0 Å². The highest BCUT2D eigenvalue weighted by molar-refractivity contribution is 14.2. The van der Waals surface area contributed by atoms with Crippen LogP contribution in [0, 0.1) is 0 Å². The molecule has 0 rings (SSSR count). The van der Waals surface area contributed by atoms with Crippen molar-refractivity contribution < 1.29 is 24.2 Å². The van der Waals surface area contributed by atoms with Crippen LogP contribution in [0.4, 0.5) is 0 Å². The standard InChI is InChI=1S/C24H36INO5/c1-2-3-4-5-8-11-14-19-25-20-15-12-9-6-7-10-13-16-23(29)31-24(30)21(26)17-18-22(27)28/h3-4,6-8,11-12,15,19,21H,2,5,9-10,13-14,16-18,20,26H2,1H3,(H,27,28)/p+1/b4-3-,7-6-,11-8-,15-12-. The van der Waals surface area contributed by atoms with E-state index in [-0.39, 0.29) is 40.0 Å². The predicted octanol–water partition coefficient (Wildman–Crippen LogP) is 4.97. The summed E-state index contributed by atoms with van der Waals surface area (Å²) in [6.07, 6.45) is 22.7. The van der Waals surface area contributed by atoms with Crippen LogP contribution < -0.4 is 5.73 Å². The summed E-state index contributed by atoms with van der Waals surface area (Å²) in [6, 6.07) is -0.976. The van der Waals surface area contributed by atoms with Gasteiger partial charge in [0.2, 0.25) is 0 Å². The quantitative estimate of drug-likeness (QED) is 0.0509. The van der Waals surface area contributed by atoms with Gasteiger partial charge in [0.25, 0.3) is 0 Å². The SMILES string of the molecule is CC/C=C\C/C=C\CC=IC/C=C\C/C=C\CCCC(=O)OC(=[OH+])C(N)CCC(=O)O. The van der Waals surface area contributed by atoms with Crippen LogP contribution in [-0.2, 0) is 14.3 Å². The van der Waals surface area contributed by atoms with Crippen LogP contribution in [0.1, 0.15) is 64.7 Å². The number of carboxylic acids is 1. The van der Waals surface area contributed by atoms with Crippen molar-refractivity contribution in [2.75, 3.05) is 4.43 Å². The van der Waals surface area contributed by atoms with Gasteiger partial charge in [0.1, 0.15) is 0 Å². The molecule has 0 bridgehead atoms. The molecular formula is C24H37INO5+. The number of unbranched alkanes of at least 4 members (excludes halogenated alkanes) is 1. The van der Waals surface area contributed by atoms with Gasteiger partial charge in [0, 0.05) is 10.8 Å². The van der Waals surface area contributed by atoms with Gasteiger partial charge in [-0.1, -0.05) is 59.5 Å². The van der Waals surface area contributed by atoms with Crippen LogP contribution in [0.25, 0.3) is 0 Å². The molecule has 0 heterocycles. The lowest BCUT2D eigenvalue weighted by atomic mass is 10.2. The van der Waals surface area contributed by atoms with Gasteiger partial charge < -0.3 is 15.6 Å². The molecule has 0 saturated carbocycles. The predicted molar refractivity (Wildman–Crippen MR) is 137 cm³/mol. The second-order valence-corrected chi connectivity index (χ2v) is 9.35. The minimum atomic E-state index is -1.02. The van der Waals surface area contributed by atoms with Gasteiger partial charge in [-0.2, -0.15) is 0 Å². The highest BCUT2D eigenvalue weighted by Gasteiger charge is 2.27.